The number of hydrogen-bond donors (Lipinski definition) is 1. The van der Waals surface area contributed by atoms with Crippen molar-refractivity contribution in [3.8, 4) is 0 Å². The number of piperidine rings is 1. The smallest absolute Gasteiger partial charge is 0.0526 e. The van der Waals surface area contributed by atoms with Gasteiger partial charge in [-0.25, -0.2) is 0 Å². The summed E-state index contributed by atoms with van der Waals surface area (Å²) in [7, 11) is 0. The molecule has 0 aromatic rings. The van der Waals surface area contributed by atoms with Crippen molar-refractivity contribution in [2.24, 2.45) is 17.3 Å². The molecule has 2 atom stereocenters. The summed E-state index contributed by atoms with van der Waals surface area (Å²) in [5, 5.41) is 3.56. The van der Waals surface area contributed by atoms with Crippen molar-refractivity contribution in [1.82, 2.24) is 5.32 Å². The van der Waals surface area contributed by atoms with Crippen LogP contribution < -0.4 is 5.32 Å². The summed E-state index contributed by atoms with van der Waals surface area (Å²) in [6, 6.07) is 0. The van der Waals surface area contributed by atoms with Gasteiger partial charge >= 0.3 is 0 Å². The molecule has 2 heterocycles. The van der Waals surface area contributed by atoms with Crippen LogP contribution in [0.1, 0.15) is 39.5 Å². The fourth-order valence-electron chi connectivity index (χ4n) is 3.33. The molecule has 2 saturated heterocycles. The summed E-state index contributed by atoms with van der Waals surface area (Å²) in [5.74, 6) is 1.65. The van der Waals surface area contributed by atoms with E-state index in [2.05, 4.69) is 19.2 Å². The molecular weight excluding hydrogens is 186 g/mol. The van der Waals surface area contributed by atoms with Crippen molar-refractivity contribution in [2.45, 2.75) is 39.5 Å². The van der Waals surface area contributed by atoms with Crippen molar-refractivity contribution >= 4 is 0 Å². The molecule has 2 nitrogen and oxygen atoms in total. The van der Waals surface area contributed by atoms with Crippen LogP contribution in [0.5, 0.6) is 0 Å². The molecule has 0 bridgehead atoms. The zero-order valence-corrected chi connectivity index (χ0v) is 10.2. The molecule has 1 spiro atoms. The Morgan fingerprint density at radius 2 is 2.27 bits per heavy atom. The van der Waals surface area contributed by atoms with E-state index in [1.165, 1.54) is 38.8 Å². The number of ether oxygens (including phenoxy) is 1. The van der Waals surface area contributed by atoms with Crippen molar-refractivity contribution in [3.05, 3.63) is 0 Å². The molecule has 2 rings (SSSR count). The molecule has 2 aliphatic heterocycles. The summed E-state index contributed by atoms with van der Waals surface area (Å²) in [6.45, 7) is 9.09. The molecule has 0 saturated carbocycles. The van der Waals surface area contributed by atoms with Gasteiger partial charge < -0.3 is 10.1 Å². The van der Waals surface area contributed by atoms with Gasteiger partial charge in [0.05, 0.1) is 6.61 Å². The average Bonchev–Trinajstić information content (AvgIpc) is 2.23. The monoisotopic (exact) mass is 211 g/mol. The van der Waals surface area contributed by atoms with Crippen LogP contribution in [0.4, 0.5) is 0 Å². The van der Waals surface area contributed by atoms with Gasteiger partial charge in [-0.1, -0.05) is 13.8 Å². The van der Waals surface area contributed by atoms with Crippen LogP contribution in [-0.4, -0.2) is 26.3 Å². The van der Waals surface area contributed by atoms with Crippen LogP contribution in [0.25, 0.3) is 0 Å². The van der Waals surface area contributed by atoms with Gasteiger partial charge in [-0.2, -0.15) is 0 Å². The molecule has 0 amide bonds. The highest BCUT2D eigenvalue weighted by atomic mass is 16.5. The van der Waals surface area contributed by atoms with Gasteiger partial charge in [0, 0.05) is 6.61 Å². The van der Waals surface area contributed by atoms with E-state index in [0.717, 1.165) is 25.0 Å². The lowest BCUT2D eigenvalue weighted by atomic mass is 9.65. The average molecular weight is 211 g/mol. The van der Waals surface area contributed by atoms with E-state index < -0.39 is 0 Å². The predicted molar refractivity (Wildman–Crippen MR) is 62.9 cm³/mol. The Bertz CT molecular complexity index is 188. The quantitative estimate of drug-likeness (QED) is 0.757. The zero-order valence-electron chi connectivity index (χ0n) is 10.2. The van der Waals surface area contributed by atoms with E-state index in [1.807, 2.05) is 0 Å². The Morgan fingerprint density at radius 3 is 2.93 bits per heavy atom. The van der Waals surface area contributed by atoms with Crippen LogP contribution in [0.3, 0.4) is 0 Å². The summed E-state index contributed by atoms with van der Waals surface area (Å²) in [4.78, 5) is 0. The number of hydrogen-bond acceptors (Lipinski definition) is 2. The molecule has 0 aromatic heterocycles. The second-order valence-corrected chi connectivity index (χ2v) is 5.80. The second kappa shape index (κ2) is 4.84. The highest BCUT2D eigenvalue weighted by Gasteiger charge is 2.41. The third-order valence-corrected chi connectivity index (χ3v) is 4.17. The second-order valence-electron chi connectivity index (χ2n) is 5.80. The fraction of sp³-hybridized carbons (Fsp3) is 1.00. The van der Waals surface area contributed by atoms with Crippen molar-refractivity contribution < 1.29 is 4.74 Å². The van der Waals surface area contributed by atoms with Crippen molar-refractivity contribution in [3.63, 3.8) is 0 Å². The maximum absolute atomic E-state index is 5.75. The topological polar surface area (TPSA) is 21.3 Å². The van der Waals surface area contributed by atoms with Gasteiger partial charge in [0.1, 0.15) is 0 Å². The minimum atomic E-state index is 0.522. The van der Waals surface area contributed by atoms with Gasteiger partial charge in [0.2, 0.25) is 0 Å². The Labute approximate surface area is 93.8 Å². The molecular formula is C13H25NO. The van der Waals surface area contributed by atoms with Crippen LogP contribution in [0.15, 0.2) is 0 Å². The van der Waals surface area contributed by atoms with Crippen LogP contribution >= 0.6 is 0 Å². The zero-order chi connectivity index (χ0) is 10.7. The van der Waals surface area contributed by atoms with Gasteiger partial charge in [0.15, 0.2) is 0 Å². The molecule has 0 aliphatic carbocycles. The lowest BCUT2D eigenvalue weighted by molar-refractivity contribution is -0.0623. The van der Waals surface area contributed by atoms with Gasteiger partial charge in [-0.3, -0.25) is 0 Å². The standard InChI is InChI=1S/C13H25NO/c1-11(2)8-12-9-14-6-5-13(12)4-3-7-15-10-13/h11-12,14H,3-10H2,1-2H3. The molecule has 2 heteroatoms. The van der Waals surface area contributed by atoms with Crippen LogP contribution in [0, 0.1) is 17.3 Å². The summed E-state index contributed by atoms with van der Waals surface area (Å²) >= 11 is 0. The third kappa shape index (κ3) is 2.54. The summed E-state index contributed by atoms with van der Waals surface area (Å²) < 4.78 is 5.75. The van der Waals surface area contributed by atoms with Gasteiger partial charge in [-0.15, -0.1) is 0 Å². The molecule has 2 fully saturated rings. The normalized spacial score (nSPS) is 37.4. The molecule has 0 aromatic carbocycles. The van der Waals surface area contributed by atoms with Gasteiger partial charge in [-0.05, 0) is 56.0 Å². The SMILES string of the molecule is CC(C)CC1CNCCC12CCCOC2. The van der Waals surface area contributed by atoms with Crippen molar-refractivity contribution in [2.75, 3.05) is 26.3 Å². The lowest BCUT2D eigenvalue weighted by Gasteiger charge is -2.47. The van der Waals surface area contributed by atoms with E-state index in [-0.39, 0.29) is 0 Å². The maximum Gasteiger partial charge on any atom is 0.0526 e. The first-order valence-electron chi connectivity index (χ1n) is 6.51. The molecule has 1 N–H and O–H groups in total. The minimum absolute atomic E-state index is 0.522. The Balaban J connectivity index is 2.03. The van der Waals surface area contributed by atoms with E-state index in [0.29, 0.717) is 5.41 Å². The predicted octanol–water partition coefficient (Wildman–Crippen LogP) is 2.44. The lowest BCUT2D eigenvalue weighted by Crippen LogP contribution is -2.49. The Morgan fingerprint density at radius 1 is 1.40 bits per heavy atom. The van der Waals surface area contributed by atoms with Crippen molar-refractivity contribution in [1.29, 1.82) is 0 Å². The number of rotatable bonds is 2. The first-order chi connectivity index (χ1) is 7.23. The minimum Gasteiger partial charge on any atom is -0.381 e. The molecule has 15 heavy (non-hydrogen) atoms. The first-order valence-corrected chi connectivity index (χ1v) is 6.51. The first kappa shape index (κ1) is 11.4. The summed E-state index contributed by atoms with van der Waals surface area (Å²) in [5.41, 5.74) is 0.522. The van der Waals surface area contributed by atoms with E-state index >= 15 is 0 Å². The highest BCUT2D eigenvalue weighted by molar-refractivity contribution is 4.93. The fourth-order valence-corrected chi connectivity index (χ4v) is 3.33. The van der Waals surface area contributed by atoms with E-state index in [9.17, 15) is 0 Å². The van der Waals surface area contributed by atoms with Crippen LogP contribution in [0.2, 0.25) is 0 Å². The molecule has 88 valence electrons. The Hall–Kier alpha value is -0.0800. The maximum atomic E-state index is 5.75. The van der Waals surface area contributed by atoms with Crippen LogP contribution in [-0.2, 0) is 4.74 Å². The molecule has 0 radical (unpaired) electrons. The Kier molecular flexibility index (Phi) is 3.68. The third-order valence-electron chi connectivity index (χ3n) is 4.17. The molecule has 2 aliphatic rings. The number of nitrogens with one attached hydrogen (secondary N) is 1. The van der Waals surface area contributed by atoms with E-state index in [1.54, 1.807) is 0 Å². The van der Waals surface area contributed by atoms with Gasteiger partial charge in [0.25, 0.3) is 0 Å². The highest BCUT2D eigenvalue weighted by Crippen LogP contribution is 2.43. The largest absolute Gasteiger partial charge is 0.381 e. The molecule has 2 unspecified atom stereocenters. The van der Waals surface area contributed by atoms with E-state index in [4.69, 9.17) is 4.74 Å². The summed E-state index contributed by atoms with van der Waals surface area (Å²) in [6.07, 6.45) is 5.35.